The number of aryl methyl sites for hydroxylation is 1. The van der Waals surface area contributed by atoms with Crippen LogP contribution >= 0.6 is 0 Å². The van der Waals surface area contributed by atoms with Crippen molar-refractivity contribution in [3.63, 3.8) is 0 Å². The Hall–Kier alpha value is -3.41. The molecule has 0 radical (unpaired) electrons. The van der Waals surface area contributed by atoms with Crippen LogP contribution in [0, 0.1) is 6.92 Å². The molecule has 0 spiro atoms. The molecular weight excluding hydrogens is 318 g/mol. The summed E-state index contributed by atoms with van der Waals surface area (Å²) in [6.45, 7) is 1.77. The molecule has 0 atom stereocenters. The molecule has 2 aromatic carbocycles. The quantitative estimate of drug-likeness (QED) is 0.504. The smallest absolute Gasteiger partial charge is 0.244 e. The van der Waals surface area contributed by atoms with Crippen LogP contribution in [0.1, 0.15) is 16.8 Å². The van der Waals surface area contributed by atoms with Gasteiger partial charge in [-0.3, -0.25) is 9.59 Å². The maximum absolute atomic E-state index is 12.6. The topological polar surface area (TPSA) is 94.5 Å². The zero-order valence-corrected chi connectivity index (χ0v) is 13.6. The van der Waals surface area contributed by atoms with Crippen molar-refractivity contribution in [1.29, 1.82) is 0 Å². The second kappa shape index (κ2) is 7.00. The van der Waals surface area contributed by atoms with Crippen molar-refractivity contribution in [2.45, 2.75) is 13.3 Å². The first-order chi connectivity index (χ1) is 12.1. The fraction of sp³-hybridized carbons (Fsp3) is 0.105. The molecule has 0 saturated carbocycles. The van der Waals surface area contributed by atoms with Crippen LogP contribution in [0.2, 0.25) is 0 Å². The van der Waals surface area contributed by atoms with E-state index in [9.17, 15) is 14.7 Å². The maximum Gasteiger partial charge on any atom is 0.244 e. The van der Waals surface area contributed by atoms with E-state index in [1.54, 1.807) is 37.3 Å². The maximum atomic E-state index is 12.6. The second-order valence-electron chi connectivity index (χ2n) is 5.63. The fourth-order valence-corrected chi connectivity index (χ4v) is 2.58. The number of nitrogens with zero attached hydrogens (tertiary/aromatic N) is 1. The molecule has 0 aliphatic carbocycles. The number of phenolic OH excluding ortho intramolecular Hbond substituents is 1. The molecule has 0 aliphatic rings. The Morgan fingerprint density at radius 1 is 1.20 bits per heavy atom. The predicted molar refractivity (Wildman–Crippen MR) is 96.9 cm³/mol. The van der Waals surface area contributed by atoms with Gasteiger partial charge in [0.2, 0.25) is 5.91 Å². The number of hydrazone groups is 1. The first kappa shape index (κ1) is 16.4. The minimum atomic E-state index is -0.407. The number of aromatic amines is 1. The molecule has 0 bridgehead atoms. The number of amides is 1. The standard InChI is InChI=1S/C19H17N3O3/c1-12-15(19(25)14-7-3-4-8-16(14)21-12)10-18(24)22-20-11-13-6-2-5-9-17(13)23/h2-9,11,23H,10H2,1H3,(H,21,25)(H,22,24). The number of hydrogen-bond acceptors (Lipinski definition) is 4. The molecule has 1 amide bonds. The average molecular weight is 335 g/mol. The van der Waals surface area contributed by atoms with Gasteiger partial charge in [0, 0.05) is 27.7 Å². The van der Waals surface area contributed by atoms with Gasteiger partial charge in [-0.15, -0.1) is 0 Å². The number of carbonyl (C=O) groups is 1. The highest BCUT2D eigenvalue weighted by Gasteiger charge is 2.12. The molecule has 3 N–H and O–H groups in total. The lowest BCUT2D eigenvalue weighted by molar-refractivity contribution is -0.120. The van der Waals surface area contributed by atoms with Crippen molar-refractivity contribution < 1.29 is 9.90 Å². The van der Waals surface area contributed by atoms with Crippen molar-refractivity contribution in [3.8, 4) is 5.75 Å². The van der Waals surface area contributed by atoms with Gasteiger partial charge in [-0.2, -0.15) is 5.10 Å². The lowest BCUT2D eigenvalue weighted by atomic mass is 10.1. The Morgan fingerprint density at radius 3 is 2.72 bits per heavy atom. The average Bonchev–Trinajstić information content (AvgIpc) is 2.60. The predicted octanol–water partition coefficient (Wildman–Crippen LogP) is 2.23. The van der Waals surface area contributed by atoms with Crippen LogP contribution in [0.3, 0.4) is 0 Å². The van der Waals surface area contributed by atoms with E-state index in [0.29, 0.717) is 22.2 Å². The molecule has 1 aromatic heterocycles. The van der Waals surface area contributed by atoms with Crippen molar-refractivity contribution >= 4 is 23.0 Å². The van der Waals surface area contributed by atoms with E-state index >= 15 is 0 Å². The van der Waals surface area contributed by atoms with E-state index in [4.69, 9.17) is 0 Å². The first-order valence-electron chi connectivity index (χ1n) is 7.76. The SMILES string of the molecule is Cc1[nH]c2ccccc2c(=O)c1CC(=O)NN=Cc1ccccc1O. The highest BCUT2D eigenvalue weighted by molar-refractivity contribution is 5.86. The van der Waals surface area contributed by atoms with Gasteiger partial charge in [-0.25, -0.2) is 5.43 Å². The summed E-state index contributed by atoms with van der Waals surface area (Å²) in [5.74, 6) is -0.335. The summed E-state index contributed by atoms with van der Waals surface area (Å²) in [5, 5.41) is 14.0. The molecule has 3 rings (SSSR count). The lowest BCUT2D eigenvalue weighted by Crippen LogP contribution is -2.24. The summed E-state index contributed by atoms with van der Waals surface area (Å²) in [7, 11) is 0. The summed E-state index contributed by atoms with van der Waals surface area (Å²) in [5.41, 5.74) is 4.51. The van der Waals surface area contributed by atoms with Gasteiger partial charge in [0.25, 0.3) is 0 Å². The number of pyridine rings is 1. The van der Waals surface area contributed by atoms with Gasteiger partial charge in [0.15, 0.2) is 5.43 Å². The number of aromatic nitrogens is 1. The Morgan fingerprint density at radius 2 is 1.92 bits per heavy atom. The minimum Gasteiger partial charge on any atom is -0.507 e. The van der Waals surface area contributed by atoms with E-state index in [0.717, 1.165) is 5.52 Å². The van der Waals surface area contributed by atoms with Gasteiger partial charge in [-0.05, 0) is 31.2 Å². The lowest BCUT2D eigenvalue weighted by Gasteiger charge is -2.07. The number of aromatic hydroxyl groups is 1. The first-order valence-corrected chi connectivity index (χ1v) is 7.76. The van der Waals surface area contributed by atoms with Gasteiger partial charge in [-0.1, -0.05) is 24.3 Å². The monoisotopic (exact) mass is 335 g/mol. The van der Waals surface area contributed by atoms with E-state index < -0.39 is 5.91 Å². The van der Waals surface area contributed by atoms with Gasteiger partial charge in [0.05, 0.1) is 12.6 Å². The Labute approximate surface area is 143 Å². The molecule has 25 heavy (non-hydrogen) atoms. The molecule has 0 fully saturated rings. The molecule has 6 nitrogen and oxygen atoms in total. The third-order valence-electron chi connectivity index (χ3n) is 3.89. The zero-order valence-electron chi connectivity index (χ0n) is 13.6. The van der Waals surface area contributed by atoms with Gasteiger partial charge in [0.1, 0.15) is 5.75 Å². The zero-order chi connectivity index (χ0) is 17.8. The fourth-order valence-electron chi connectivity index (χ4n) is 2.58. The van der Waals surface area contributed by atoms with Crippen LogP contribution in [0.5, 0.6) is 5.75 Å². The van der Waals surface area contributed by atoms with Gasteiger partial charge < -0.3 is 10.1 Å². The Kier molecular flexibility index (Phi) is 4.61. The molecule has 0 saturated heterocycles. The van der Waals surface area contributed by atoms with Crippen LogP contribution in [0.15, 0.2) is 58.4 Å². The third kappa shape index (κ3) is 3.58. The van der Waals surface area contributed by atoms with E-state index in [-0.39, 0.29) is 17.6 Å². The summed E-state index contributed by atoms with van der Waals surface area (Å²) >= 11 is 0. The Balaban J connectivity index is 1.76. The van der Waals surface area contributed by atoms with E-state index in [1.807, 2.05) is 12.1 Å². The largest absolute Gasteiger partial charge is 0.507 e. The van der Waals surface area contributed by atoms with E-state index in [2.05, 4.69) is 15.5 Å². The van der Waals surface area contributed by atoms with Crippen molar-refractivity contribution in [3.05, 3.63) is 75.6 Å². The minimum absolute atomic E-state index is 0.0716. The summed E-state index contributed by atoms with van der Waals surface area (Å²) in [6, 6.07) is 13.8. The third-order valence-corrected chi connectivity index (χ3v) is 3.89. The van der Waals surface area contributed by atoms with Crippen LogP contribution < -0.4 is 10.9 Å². The van der Waals surface area contributed by atoms with Crippen molar-refractivity contribution in [2.24, 2.45) is 5.10 Å². The molecular formula is C19H17N3O3. The van der Waals surface area contributed by atoms with E-state index in [1.165, 1.54) is 12.3 Å². The number of carbonyl (C=O) groups excluding carboxylic acids is 1. The number of H-pyrrole nitrogens is 1. The molecule has 0 unspecified atom stereocenters. The summed E-state index contributed by atoms with van der Waals surface area (Å²) in [4.78, 5) is 27.8. The summed E-state index contributed by atoms with van der Waals surface area (Å²) in [6.07, 6.45) is 1.27. The van der Waals surface area contributed by atoms with Crippen molar-refractivity contribution in [2.75, 3.05) is 0 Å². The molecule has 126 valence electrons. The number of phenols is 1. The van der Waals surface area contributed by atoms with Gasteiger partial charge >= 0.3 is 0 Å². The highest BCUT2D eigenvalue weighted by atomic mass is 16.3. The molecule has 1 heterocycles. The number of rotatable bonds is 4. The number of benzene rings is 2. The van der Waals surface area contributed by atoms with Crippen LogP contribution in [-0.4, -0.2) is 22.2 Å². The van der Waals surface area contributed by atoms with Crippen molar-refractivity contribution in [1.82, 2.24) is 10.4 Å². The number of para-hydroxylation sites is 2. The summed E-state index contributed by atoms with van der Waals surface area (Å²) < 4.78 is 0. The number of hydrogen-bond donors (Lipinski definition) is 3. The molecule has 3 aromatic rings. The number of nitrogens with one attached hydrogen (secondary N) is 2. The number of fused-ring (bicyclic) bond motifs is 1. The molecule has 0 aliphatic heterocycles. The van der Waals surface area contributed by atoms with Crippen LogP contribution in [0.25, 0.3) is 10.9 Å². The van der Waals surface area contributed by atoms with Crippen LogP contribution in [-0.2, 0) is 11.2 Å². The molecule has 6 heteroatoms. The normalized spacial score (nSPS) is 11.1. The second-order valence-corrected chi connectivity index (χ2v) is 5.63. The Bertz CT molecular complexity index is 1020. The highest BCUT2D eigenvalue weighted by Crippen LogP contribution is 2.13. The van der Waals surface area contributed by atoms with Crippen LogP contribution in [0.4, 0.5) is 0 Å².